The normalized spacial score (nSPS) is 18.7. The molecule has 1 aliphatic rings. The molecule has 0 unspecified atom stereocenters. The van der Waals surface area contributed by atoms with E-state index in [1.54, 1.807) is 0 Å². The molecule has 6 nitrogen and oxygen atoms in total. The first-order valence-electron chi connectivity index (χ1n) is 6.22. The van der Waals surface area contributed by atoms with Crippen molar-refractivity contribution in [2.75, 3.05) is 6.61 Å². The molecule has 0 spiro atoms. The third-order valence-corrected chi connectivity index (χ3v) is 3.39. The molecule has 0 amide bonds. The third kappa shape index (κ3) is 3.07. The number of carboxylic acid groups (broad SMARTS) is 1. The first-order chi connectivity index (χ1) is 8.60. The van der Waals surface area contributed by atoms with Gasteiger partial charge in [-0.25, -0.2) is 4.79 Å². The summed E-state index contributed by atoms with van der Waals surface area (Å²) in [6, 6.07) is 0. The highest BCUT2D eigenvalue weighted by atomic mass is 16.5. The number of hydrogen-bond donors (Lipinski definition) is 1. The highest BCUT2D eigenvalue weighted by Gasteiger charge is 2.34. The lowest BCUT2D eigenvalue weighted by molar-refractivity contribution is -0.142. The van der Waals surface area contributed by atoms with Crippen molar-refractivity contribution in [1.29, 1.82) is 0 Å². The van der Waals surface area contributed by atoms with Gasteiger partial charge in [-0.1, -0.05) is 26.2 Å². The molecule has 0 bridgehead atoms. The minimum absolute atomic E-state index is 0.0315. The number of carbonyl (C=O) groups is 1. The molecule has 0 aromatic carbocycles. The van der Waals surface area contributed by atoms with Gasteiger partial charge in [0.05, 0.1) is 0 Å². The van der Waals surface area contributed by atoms with Crippen LogP contribution in [0.2, 0.25) is 0 Å². The molecule has 1 saturated carbocycles. The van der Waals surface area contributed by atoms with E-state index in [1.807, 2.05) is 0 Å². The monoisotopic (exact) mass is 254 g/mol. The van der Waals surface area contributed by atoms with E-state index in [2.05, 4.69) is 17.1 Å². The van der Waals surface area contributed by atoms with Gasteiger partial charge in [0, 0.05) is 5.41 Å². The number of carboxylic acids is 1. The molecule has 6 heteroatoms. The first kappa shape index (κ1) is 13.0. The van der Waals surface area contributed by atoms with Crippen LogP contribution in [0.25, 0.3) is 0 Å². The number of aromatic nitrogens is 2. The number of hydrogen-bond acceptors (Lipinski definition) is 5. The van der Waals surface area contributed by atoms with Gasteiger partial charge >= 0.3 is 5.97 Å². The van der Waals surface area contributed by atoms with Gasteiger partial charge < -0.3 is 14.3 Å². The molecule has 1 aromatic heterocycles. The topological polar surface area (TPSA) is 85.5 Å². The van der Waals surface area contributed by atoms with Crippen LogP contribution in [-0.2, 0) is 21.6 Å². The van der Waals surface area contributed by atoms with Crippen LogP contribution < -0.4 is 0 Å². The van der Waals surface area contributed by atoms with E-state index in [4.69, 9.17) is 14.3 Å². The molecular formula is C12H18N2O4. The van der Waals surface area contributed by atoms with Gasteiger partial charge in [0.15, 0.2) is 0 Å². The average molecular weight is 254 g/mol. The van der Waals surface area contributed by atoms with E-state index in [0.29, 0.717) is 11.8 Å². The minimum Gasteiger partial charge on any atom is -0.480 e. The molecule has 0 saturated heterocycles. The zero-order valence-electron chi connectivity index (χ0n) is 10.5. The molecule has 0 atom stereocenters. The van der Waals surface area contributed by atoms with Crippen LogP contribution in [0, 0.1) is 0 Å². The molecule has 1 aromatic rings. The quantitative estimate of drug-likeness (QED) is 0.863. The largest absolute Gasteiger partial charge is 0.480 e. The lowest BCUT2D eigenvalue weighted by Gasteiger charge is -2.29. The Morgan fingerprint density at radius 2 is 2.11 bits per heavy atom. The Morgan fingerprint density at radius 1 is 1.39 bits per heavy atom. The van der Waals surface area contributed by atoms with Crippen LogP contribution in [-0.4, -0.2) is 27.9 Å². The van der Waals surface area contributed by atoms with E-state index in [0.717, 1.165) is 12.8 Å². The predicted molar refractivity (Wildman–Crippen MR) is 62.0 cm³/mol. The van der Waals surface area contributed by atoms with Crippen molar-refractivity contribution in [2.45, 2.75) is 51.0 Å². The van der Waals surface area contributed by atoms with Crippen molar-refractivity contribution in [3.8, 4) is 0 Å². The lowest BCUT2D eigenvalue weighted by Crippen LogP contribution is -2.25. The van der Waals surface area contributed by atoms with Crippen LogP contribution >= 0.6 is 0 Å². The highest BCUT2D eigenvalue weighted by Crippen LogP contribution is 2.38. The fourth-order valence-corrected chi connectivity index (χ4v) is 2.33. The highest BCUT2D eigenvalue weighted by molar-refractivity contribution is 5.67. The molecule has 1 N–H and O–H groups in total. The zero-order chi connectivity index (χ0) is 13.0. The van der Waals surface area contributed by atoms with Crippen molar-refractivity contribution < 1.29 is 19.1 Å². The molecule has 1 fully saturated rings. The third-order valence-electron chi connectivity index (χ3n) is 3.39. The first-order valence-corrected chi connectivity index (χ1v) is 6.22. The SMILES string of the molecule is CC1(c2nnc(COCC(=O)O)o2)CCCCC1. The summed E-state index contributed by atoms with van der Waals surface area (Å²) >= 11 is 0. The van der Waals surface area contributed by atoms with Gasteiger partial charge in [-0.05, 0) is 12.8 Å². The Morgan fingerprint density at radius 3 is 2.78 bits per heavy atom. The number of aliphatic carboxylic acids is 1. The lowest BCUT2D eigenvalue weighted by atomic mass is 9.76. The molecule has 0 aliphatic heterocycles. The fourth-order valence-electron chi connectivity index (χ4n) is 2.33. The number of rotatable bonds is 5. The van der Waals surface area contributed by atoms with Gasteiger partial charge in [0.2, 0.25) is 11.8 Å². The second-order valence-electron chi connectivity index (χ2n) is 5.01. The molecule has 0 radical (unpaired) electrons. The minimum atomic E-state index is -1.01. The van der Waals surface area contributed by atoms with Gasteiger partial charge in [-0.3, -0.25) is 0 Å². The van der Waals surface area contributed by atoms with Gasteiger partial charge in [-0.2, -0.15) is 0 Å². The molecule has 1 heterocycles. The van der Waals surface area contributed by atoms with E-state index in [-0.39, 0.29) is 18.6 Å². The average Bonchev–Trinajstić information content (AvgIpc) is 2.79. The fraction of sp³-hybridized carbons (Fsp3) is 0.750. The van der Waals surface area contributed by atoms with Crippen LogP contribution in [0.3, 0.4) is 0 Å². The van der Waals surface area contributed by atoms with Crippen LogP contribution in [0.1, 0.15) is 50.8 Å². The summed E-state index contributed by atoms with van der Waals surface area (Å²) < 4.78 is 10.5. The summed E-state index contributed by atoms with van der Waals surface area (Å²) in [4.78, 5) is 10.3. The zero-order valence-corrected chi connectivity index (χ0v) is 10.5. The molecule has 1 aliphatic carbocycles. The van der Waals surface area contributed by atoms with Gasteiger partial charge in [-0.15, -0.1) is 10.2 Å². The number of ether oxygens (including phenoxy) is 1. The predicted octanol–water partition coefficient (Wildman–Crippen LogP) is 1.89. The summed E-state index contributed by atoms with van der Waals surface area (Å²) in [7, 11) is 0. The van der Waals surface area contributed by atoms with Crippen molar-refractivity contribution in [3.05, 3.63) is 11.8 Å². The standard InChI is InChI=1S/C12H18N2O4/c1-12(5-3-2-4-6-12)11-14-13-9(18-11)7-17-8-10(15)16/h2-8H2,1H3,(H,15,16). The van der Waals surface area contributed by atoms with Crippen molar-refractivity contribution in [3.63, 3.8) is 0 Å². The van der Waals surface area contributed by atoms with E-state index >= 15 is 0 Å². The van der Waals surface area contributed by atoms with E-state index in [1.165, 1.54) is 19.3 Å². The maximum atomic E-state index is 10.3. The number of nitrogens with zero attached hydrogens (tertiary/aromatic N) is 2. The Kier molecular flexibility index (Phi) is 3.96. The van der Waals surface area contributed by atoms with E-state index in [9.17, 15) is 4.79 Å². The summed E-state index contributed by atoms with van der Waals surface area (Å²) in [5.41, 5.74) is -0.0315. The maximum Gasteiger partial charge on any atom is 0.329 e. The molecular weight excluding hydrogens is 236 g/mol. The Labute approximate surface area is 105 Å². The summed E-state index contributed by atoms with van der Waals surface area (Å²) in [6.07, 6.45) is 5.75. The van der Waals surface area contributed by atoms with Crippen LogP contribution in [0.4, 0.5) is 0 Å². The Balaban J connectivity index is 1.94. The van der Waals surface area contributed by atoms with E-state index < -0.39 is 5.97 Å². The Bertz CT molecular complexity index is 410. The second-order valence-corrected chi connectivity index (χ2v) is 5.01. The Hall–Kier alpha value is -1.43. The molecule has 2 rings (SSSR count). The van der Waals surface area contributed by atoms with Crippen LogP contribution in [0.5, 0.6) is 0 Å². The van der Waals surface area contributed by atoms with Crippen molar-refractivity contribution in [2.24, 2.45) is 0 Å². The maximum absolute atomic E-state index is 10.3. The summed E-state index contributed by atoms with van der Waals surface area (Å²) in [5, 5.41) is 16.4. The van der Waals surface area contributed by atoms with Gasteiger partial charge in [0.25, 0.3) is 0 Å². The molecule has 18 heavy (non-hydrogen) atoms. The van der Waals surface area contributed by atoms with Crippen LogP contribution in [0.15, 0.2) is 4.42 Å². The van der Waals surface area contributed by atoms with Gasteiger partial charge in [0.1, 0.15) is 13.2 Å². The van der Waals surface area contributed by atoms with Crippen molar-refractivity contribution in [1.82, 2.24) is 10.2 Å². The smallest absolute Gasteiger partial charge is 0.329 e. The molecule has 100 valence electrons. The summed E-state index contributed by atoms with van der Waals surface area (Å²) in [6.45, 7) is 1.84. The summed E-state index contributed by atoms with van der Waals surface area (Å²) in [5.74, 6) is -0.0110. The second kappa shape index (κ2) is 5.48. The van der Waals surface area contributed by atoms with Crippen molar-refractivity contribution >= 4 is 5.97 Å².